The highest BCUT2D eigenvalue weighted by atomic mass is 32.2. The first-order valence-corrected chi connectivity index (χ1v) is 12.9. The zero-order chi connectivity index (χ0) is 26.7. The molecule has 0 aliphatic heterocycles. The lowest BCUT2D eigenvalue weighted by molar-refractivity contribution is -0.117. The summed E-state index contributed by atoms with van der Waals surface area (Å²) in [5, 5.41) is 2.79. The van der Waals surface area contributed by atoms with E-state index in [9.17, 15) is 22.8 Å². The summed E-state index contributed by atoms with van der Waals surface area (Å²) in [5.74, 6) is 0.0405. The highest BCUT2D eigenvalue weighted by molar-refractivity contribution is 7.89. The molecular weight excluding hydrogens is 496 g/mol. The minimum atomic E-state index is -4.27. The molecule has 1 atom stereocenters. The Balaban J connectivity index is 1.69. The number of nitrogens with one attached hydrogen (secondary N) is 2. The van der Waals surface area contributed by atoms with Crippen molar-refractivity contribution in [3.63, 3.8) is 0 Å². The predicted molar refractivity (Wildman–Crippen MR) is 140 cm³/mol. The van der Waals surface area contributed by atoms with Crippen LogP contribution in [0.15, 0.2) is 87.3 Å². The summed E-state index contributed by atoms with van der Waals surface area (Å²) in [5.41, 5.74) is 0.0292. The third-order valence-corrected chi connectivity index (χ3v) is 7.27. The molecule has 1 aromatic heterocycles. The van der Waals surface area contributed by atoms with Gasteiger partial charge < -0.3 is 10.1 Å². The molecule has 0 spiro atoms. The fraction of sp³-hybridized carbons (Fsp3) is 0.192. The summed E-state index contributed by atoms with van der Waals surface area (Å²) in [6.07, 6.45) is 0. The summed E-state index contributed by atoms with van der Waals surface area (Å²) >= 11 is 0. The Morgan fingerprint density at radius 3 is 2.27 bits per heavy atom. The van der Waals surface area contributed by atoms with E-state index < -0.39 is 33.2 Å². The molecule has 4 rings (SSSR count). The van der Waals surface area contributed by atoms with Crippen LogP contribution >= 0.6 is 0 Å². The van der Waals surface area contributed by atoms with Crippen LogP contribution in [0.1, 0.15) is 18.5 Å². The van der Waals surface area contributed by atoms with E-state index in [2.05, 4.69) is 10.0 Å². The van der Waals surface area contributed by atoms with Crippen molar-refractivity contribution >= 4 is 32.5 Å². The summed E-state index contributed by atoms with van der Waals surface area (Å²) < 4.78 is 36.8. The van der Waals surface area contributed by atoms with Gasteiger partial charge in [-0.3, -0.25) is 18.7 Å². The quantitative estimate of drug-likeness (QED) is 0.365. The van der Waals surface area contributed by atoms with Gasteiger partial charge in [-0.1, -0.05) is 30.3 Å². The average molecular weight is 523 g/mol. The Morgan fingerprint density at radius 2 is 1.62 bits per heavy atom. The molecule has 4 aromatic rings. The number of carbonyl (C=O) groups is 1. The largest absolute Gasteiger partial charge is 0.494 e. The molecule has 0 fully saturated rings. The minimum absolute atomic E-state index is 0.0579. The zero-order valence-corrected chi connectivity index (χ0v) is 21.3. The lowest BCUT2D eigenvalue weighted by Crippen LogP contribution is -2.38. The molecule has 0 aliphatic carbocycles. The maximum atomic E-state index is 13.4. The van der Waals surface area contributed by atoms with Crippen LogP contribution in [0.5, 0.6) is 5.75 Å². The molecule has 0 bridgehead atoms. The number of anilines is 1. The maximum absolute atomic E-state index is 13.4. The summed E-state index contributed by atoms with van der Waals surface area (Å²) in [7, 11) is -1.46. The van der Waals surface area contributed by atoms with Crippen LogP contribution < -0.4 is 26.0 Å². The second-order valence-electron chi connectivity index (χ2n) is 8.30. The molecule has 0 saturated heterocycles. The number of aromatic nitrogens is 2. The normalized spacial score (nSPS) is 12.3. The number of hydrogen-bond acceptors (Lipinski definition) is 6. The van der Waals surface area contributed by atoms with Crippen molar-refractivity contribution < 1.29 is 17.9 Å². The first-order valence-electron chi connectivity index (χ1n) is 11.4. The van der Waals surface area contributed by atoms with E-state index in [1.165, 1.54) is 36.9 Å². The average Bonchev–Trinajstić information content (AvgIpc) is 2.90. The number of nitrogens with zero attached hydrogens (tertiary/aromatic N) is 2. The third kappa shape index (κ3) is 5.32. The van der Waals surface area contributed by atoms with Crippen LogP contribution in [0.4, 0.5) is 5.69 Å². The first kappa shape index (κ1) is 25.9. The lowest BCUT2D eigenvalue weighted by atomic mass is 10.1. The van der Waals surface area contributed by atoms with Gasteiger partial charge in [-0.25, -0.2) is 13.2 Å². The number of carbonyl (C=O) groups excluding carboxylic acids is 1. The van der Waals surface area contributed by atoms with Gasteiger partial charge in [-0.2, -0.15) is 4.72 Å². The van der Waals surface area contributed by atoms with Gasteiger partial charge in [0.2, 0.25) is 15.9 Å². The lowest BCUT2D eigenvalue weighted by Gasteiger charge is -2.19. The smallest absolute Gasteiger partial charge is 0.330 e. The van der Waals surface area contributed by atoms with Gasteiger partial charge in [0.05, 0.1) is 22.4 Å². The van der Waals surface area contributed by atoms with Gasteiger partial charge in [0.25, 0.3) is 5.56 Å². The Morgan fingerprint density at radius 1 is 0.946 bits per heavy atom. The summed E-state index contributed by atoms with van der Waals surface area (Å²) in [6, 6.07) is 17.7. The van der Waals surface area contributed by atoms with E-state index in [-0.39, 0.29) is 10.3 Å². The van der Waals surface area contributed by atoms with E-state index >= 15 is 0 Å². The molecule has 37 heavy (non-hydrogen) atoms. The Hall–Kier alpha value is -4.22. The van der Waals surface area contributed by atoms with Crippen molar-refractivity contribution in [3.8, 4) is 5.75 Å². The van der Waals surface area contributed by atoms with E-state index in [4.69, 9.17) is 4.74 Å². The fourth-order valence-electron chi connectivity index (χ4n) is 3.90. The van der Waals surface area contributed by atoms with Crippen molar-refractivity contribution in [3.05, 3.63) is 99.2 Å². The number of sulfonamides is 1. The number of hydrogen-bond donors (Lipinski definition) is 2. The zero-order valence-electron chi connectivity index (χ0n) is 20.5. The van der Waals surface area contributed by atoms with E-state index in [1.807, 2.05) is 6.92 Å². The first-order chi connectivity index (χ1) is 17.6. The topological polar surface area (TPSA) is 128 Å². The second-order valence-corrected chi connectivity index (χ2v) is 10.0. The number of aryl methyl sites for hydroxylation is 1. The van der Waals surface area contributed by atoms with Gasteiger partial charge in [0.15, 0.2) is 0 Å². The van der Waals surface area contributed by atoms with Gasteiger partial charge in [-0.15, -0.1) is 0 Å². The number of ether oxygens (including phenoxy) is 1. The monoisotopic (exact) mass is 522 g/mol. The molecule has 2 N–H and O–H groups in total. The Bertz CT molecular complexity index is 1680. The molecule has 0 saturated carbocycles. The molecule has 192 valence electrons. The molecule has 11 heteroatoms. The van der Waals surface area contributed by atoms with Crippen LogP contribution in [0.2, 0.25) is 0 Å². The van der Waals surface area contributed by atoms with Crippen molar-refractivity contribution in [1.29, 1.82) is 0 Å². The third-order valence-electron chi connectivity index (χ3n) is 5.85. The van der Waals surface area contributed by atoms with Gasteiger partial charge in [-0.05, 0) is 55.0 Å². The van der Waals surface area contributed by atoms with E-state index in [0.717, 1.165) is 4.57 Å². The maximum Gasteiger partial charge on any atom is 0.330 e. The summed E-state index contributed by atoms with van der Waals surface area (Å²) in [4.78, 5) is 37.9. The molecule has 10 nitrogen and oxygen atoms in total. The van der Waals surface area contributed by atoms with Crippen molar-refractivity contribution in [1.82, 2.24) is 13.9 Å². The van der Waals surface area contributed by atoms with Crippen molar-refractivity contribution in [2.75, 3.05) is 11.9 Å². The summed E-state index contributed by atoms with van der Waals surface area (Å²) in [6.45, 7) is 2.36. The van der Waals surface area contributed by atoms with E-state index in [1.54, 1.807) is 54.6 Å². The van der Waals surface area contributed by atoms with Crippen LogP contribution in [0.25, 0.3) is 10.9 Å². The standard InChI is InChI=1S/C26H26N4O6S/c1-4-36-19-12-10-18(11-13-19)27-24(31)23(17-8-6-5-7-9-17)28-37(34,35)20-14-15-22-21(16-20)25(32)30(3)26(33)29(22)2/h5-16,23,28H,4H2,1-3H3,(H,27,31). The van der Waals surface area contributed by atoms with Crippen molar-refractivity contribution in [2.45, 2.75) is 17.9 Å². The van der Waals surface area contributed by atoms with Crippen LogP contribution in [-0.2, 0) is 28.9 Å². The molecule has 0 radical (unpaired) electrons. The predicted octanol–water partition coefficient (Wildman–Crippen LogP) is 2.29. The molecule has 1 unspecified atom stereocenters. The van der Waals surface area contributed by atoms with Crippen molar-refractivity contribution in [2.24, 2.45) is 14.1 Å². The van der Waals surface area contributed by atoms with Gasteiger partial charge >= 0.3 is 5.69 Å². The van der Waals surface area contributed by atoms with Crippen LogP contribution in [0, 0.1) is 0 Å². The van der Waals surface area contributed by atoms with Gasteiger partial charge in [0.1, 0.15) is 11.8 Å². The number of benzene rings is 3. The number of fused-ring (bicyclic) bond motifs is 1. The minimum Gasteiger partial charge on any atom is -0.494 e. The van der Waals surface area contributed by atoms with E-state index in [0.29, 0.717) is 29.1 Å². The SMILES string of the molecule is CCOc1ccc(NC(=O)C(NS(=O)(=O)c2ccc3c(c2)c(=O)n(C)c(=O)n3C)c2ccccc2)cc1. The highest BCUT2D eigenvalue weighted by Crippen LogP contribution is 2.22. The highest BCUT2D eigenvalue weighted by Gasteiger charge is 2.28. The van der Waals surface area contributed by atoms with Gasteiger partial charge in [0, 0.05) is 19.8 Å². The number of rotatable bonds is 8. The Labute approximate surface area is 213 Å². The fourth-order valence-corrected chi connectivity index (χ4v) is 5.11. The molecule has 0 aliphatic rings. The molecule has 1 heterocycles. The molecule has 3 aromatic carbocycles. The molecular formula is C26H26N4O6S. The van der Waals surface area contributed by atoms with Crippen LogP contribution in [0.3, 0.4) is 0 Å². The Kier molecular flexibility index (Phi) is 7.28. The second kappa shape index (κ2) is 10.4. The number of amides is 1. The van der Waals surface area contributed by atoms with Crippen LogP contribution in [-0.4, -0.2) is 30.1 Å². The molecule has 1 amide bonds.